The van der Waals surface area contributed by atoms with Crippen LogP contribution in [0.3, 0.4) is 0 Å². The van der Waals surface area contributed by atoms with Crippen molar-refractivity contribution in [2.24, 2.45) is 0 Å². The molecule has 0 atom stereocenters. The Morgan fingerprint density at radius 1 is 1.35 bits per heavy atom. The second-order valence-electron chi connectivity index (χ2n) is 4.36. The third-order valence-electron chi connectivity index (χ3n) is 2.72. The molecule has 20 heavy (non-hydrogen) atoms. The Morgan fingerprint density at radius 3 is 2.60 bits per heavy atom. The fourth-order valence-corrected chi connectivity index (χ4v) is 1.73. The van der Waals surface area contributed by atoms with Crippen molar-refractivity contribution in [2.45, 2.75) is 38.8 Å². The fraction of sp³-hybridized carbons (Fsp3) is 0.429. The summed E-state index contributed by atoms with van der Waals surface area (Å²) in [6, 6.07) is 2.13. The van der Waals surface area contributed by atoms with Gasteiger partial charge in [-0.05, 0) is 30.5 Å². The number of carboxylic acids is 1. The van der Waals surface area contributed by atoms with E-state index < -0.39 is 17.8 Å². The zero-order valence-corrected chi connectivity index (χ0v) is 11.1. The van der Waals surface area contributed by atoms with Gasteiger partial charge in [0.15, 0.2) is 0 Å². The van der Waals surface area contributed by atoms with Crippen LogP contribution in [-0.2, 0) is 17.4 Å². The first-order chi connectivity index (χ1) is 9.34. The SMILES string of the molecule is CCCCCc1nc(C(F)(F)F)ccc1/C=C/C(=O)O. The van der Waals surface area contributed by atoms with Gasteiger partial charge in [0.2, 0.25) is 0 Å². The van der Waals surface area contributed by atoms with Crippen molar-refractivity contribution in [3.8, 4) is 0 Å². The van der Waals surface area contributed by atoms with Crippen molar-refractivity contribution in [2.75, 3.05) is 0 Å². The summed E-state index contributed by atoms with van der Waals surface area (Å²) in [6.45, 7) is 1.99. The average Bonchev–Trinajstić information content (AvgIpc) is 2.36. The van der Waals surface area contributed by atoms with E-state index in [4.69, 9.17) is 5.11 Å². The average molecular weight is 287 g/mol. The van der Waals surface area contributed by atoms with Crippen LogP contribution in [0.25, 0.3) is 6.08 Å². The highest BCUT2D eigenvalue weighted by Gasteiger charge is 2.32. The molecule has 0 saturated carbocycles. The third kappa shape index (κ3) is 5.03. The number of pyridine rings is 1. The number of hydrogen-bond donors (Lipinski definition) is 1. The van der Waals surface area contributed by atoms with E-state index in [2.05, 4.69) is 4.98 Å². The van der Waals surface area contributed by atoms with Crippen molar-refractivity contribution in [3.63, 3.8) is 0 Å². The lowest BCUT2D eigenvalue weighted by Gasteiger charge is -2.10. The molecule has 3 nitrogen and oxygen atoms in total. The summed E-state index contributed by atoms with van der Waals surface area (Å²) in [6.07, 6.45) is 0.633. The van der Waals surface area contributed by atoms with E-state index in [1.807, 2.05) is 6.92 Å². The second-order valence-corrected chi connectivity index (χ2v) is 4.36. The molecule has 1 rings (SSSR count). The smallest absolute Gasteiger partial charge is 0.433 e. The lowest BCUT2D eigenvalue weighted by atomic mass is 10.1. The summed E-state index contributed by atoms with van der Waals surface area (Å²) in [7, 11) is 0. The molecular weight excluding hydrogens is 271 g/mol. The lowest BCUT2D eigenvalue weighted by Crippen LogP contribution is -2.10. The highest BCUT2D eigenvalue weighted by Crippen LogP contribution is 2.28. The van der Waals surface area contributed by atoms with Gasteiger partial charge < -0.3 is 5.11 Å². The number of unbranched alkanes of at least 4 members (excludes halogenated alkanes) is 2. The van der Waals surface area contributed by atoms with Crippen LogP contribution < -0.4 is 0 Å². The molecular formula is C14H16F3NO2. The summed E-state index contributed by atoms with van der Waals surface area (Å²) in [4.78, 5) is 14.1. The van der Waals surface area contributed by atoms with Crippen LogP contribution in [0.4, 0.5) is 13.2 Å². The molecule has 0 fully saturated rings. The number of rotatable bonds is 6. The molecule has 0 radical (unpaired) electrons. The standard InChI is InChI=1S/C14H16F3NO2/c1-2-3-4-5-11-10(7-9-13(19)20)6-8-12(18-11)14(15,16)17/h6-9H,2-5H2,1H3,(H,19,20)/b9-7+. The molecule has 0 spiro atoms. The number of alkyl halides is 3. The second kappa shape index (κ2) is 7.07. The van der Waals surface area contributed by atoms with Gasteiger partial charge in [-0.3, -0.25) is 0 Å². The Labute approximate surface area is 115 Å². The highest BCUT2D eigenvalue weighted by atomic mass is 19.4. The molecule has 1 aromatic heterocycles. The van der Waals surface area contributed by atoms with E-state index >= 15 is 0 Å². The van der Waals surface area contributed by atoms with E-state index in [1.165, 1.54) is 12.1 Å². The molecule has 0 unspecified atom stereocenters. The van der Waals surface area contributed by atoms with Gasteiger partial charge in [0.05, 0.1) is 0 Å². The number of carbonyl (C=O) groups is 1. The molecule has 0 aliphatic rings. The molecule has 1 aromatic rings. The largest absolute Gasteiger partial charge is 0.478 e. The van der Waals surface area contributed by atoms with E-state index in [0.717, 1.165) is 31.4 Å². The van der Waals surface area contributed by atoms with Gasteiger partial charge in [0, 0.05) is 11.8 Å². The predicted octanol–water partition coefficient (Wildman–Crippen LogP) is 3.93. The summed E-state index contributed by atoms with van der Waals surface area (Å²) in [5.41, 5.74) is -0.251. The quantitative estimate of drug-likeness (QED) is 0.637. The first kappa shape index (κ1) is 16.2. The molecule has 1 N–H and O–H groups in total. The molecule has 6 heteroatoms. The minimum atomic E-state index is -4.49. The number of halogens is 3. The molecule has 0 aromatic carbocycles. The Morgan fingerprint density at radius 2 is 2.05 bits per heavy atom. The molecule has 0 amide bonds. The predicted molar refractivity (Wildman–Crippen MR) is 69.1 cm³/mol. The summed E-state index contributed by atoms with van der Waals surface area (Å²) < 4.78 is 37.9. The third-order valence-corrected chi connectivity index (χ3v) is 2.72. The maximum absolute atomic E-state index is 12.6. The molecule has 0 saturated heterocycles. The van der Waals surface area contributed by atoms with Gasteiger partial charge in [0.25, 0.3) is 0 Å². The minimum Gasteiger partial charge on any atom is -0.478 e. The van der Waals surface area contributed by atoms with Crippen molar-refractivity contribution in [1.82, 2.24) is 4.98 Å². The number of hydrogen-bond acceptors (Lipinski definition) is 2. The van der Waals surface area contributed by atoms with E-state index in [1.54, 1.807) is 0 Å². The van der Waals surface area contributed by atoms with Crippen molar-refractivity contribution < 1.29 is 23.1 Å². The number of aryl methyl sites for hydroxylation is 1. The van der Waals surface area contributed by atoms with Gasteiger partial charge in [-0.1, -0.05) is 25.8 Å². The van der Waals surface area contributed by atoms with Crippen LogP contribution >= 0.6 is 0 Å². The lowest BCUT2D eigenvalue weighted by molar-refractivity contribution is -0.141. The first-order valence-corrected chi connectivity index (χ1v) is 6.32. The topological polar surface area (TPSA) is 50.2 Å². The van der Waals surface area contributed by atoms with Crippen LogP contribution in [0.1, 0.15) is 43.1 Å². The first-order valence-electron chi connectivity index (χ1n) is 6.32. The van der Waals surface area contributed by atoms with Crippen LogP contribution in [-0.4, -0.2) is 16.1 Å². The van der Waals surface area contributed by atoms with Crippen molar-refractivity contribution in [1.29, 1.82) is 0 Å². The molecule has 1 heterocycles. The Hall–Kier alpha value is -1.85. The Bertz CT molecular complexity index is 496. The normalized spacial score (nSPS) is 12.0. The van der Waals surface area contributed by atoms with Crippen LogP contribution in [0.5, 0.6) is 0 Å². The van der Waals surface area contributed by atoms with E-state index in [0.29, 0.717) is 12.0 Å². The zero-order valence-electron chi connectivity index (χ0n) is 11.1. The minimum absolute atomic E-state index is 0.283. The number of aromatic nitrogens is 1. The Kier molecular flexibility index (Phi) is 5.73. The Balaban J connectivity index is 3.06. The van der Waals surface area contributed by atoms with Gasteiger partial charge >= 0.3 is 12.1 Å². The maximum Gasteiger partial charge on any atom is 0.433 e. The monoisotopic (exact) mass is 287 g/mol. The van der Waals surface area contributed by atoms with Gasteiger partial charge in [0.1, 0.15) is 5.69 Å². The van der Waals surface area contributed by atoms with E-state index in [-0.39, 0.29) is 5.69 Å². The number of nitrogens with zero attached hydrogens (tertiary/aromatic N) is 1. The van der Waals surface area contributed by atoms with Gasteiger partial charge in [-0.2, -0.15) is 13.2 Å². The highest BCUT2D eigenvalue weighted by molar-refractivity contribution is 5.85. The van der Waals surface area contributed by atoms with Gasteiger partial charge in [-0.15, -0.1) is 0 Å². The zero-order chi connectivity index (χ0) is 15.2. The molecule has 0 aliphatic carbocycles. The maximum atomic E-state index is 12.6. The summed E-state index contributed by atoms with van der Waals surface area (Å²) in [5, 5.41) is 8.58. The summed E-state index contributed by atoms with van der Waals surface area (Å²) >= 11 is 0. The summed E-state index contributed by atoms with van der Waals surface area (Å²) in [5.74, 6) is -1.15. The van der Waals surface area contributed by atoms with Crippen LogP contribution in [0.2, 0.25) is 0 Å². The molecule has 0 bridgehead atoms. The van der Waals surface area contributed by atoms with E-state index in [9.17, 15) is 18.0 Å². The van der Waals surface area contributed by atoms with Crippen molar-refractivity contribution in [3.05, 3.63) is 35.2 Å². The fourth-order valence-electron chi connectivity index (χ4n) is 1.73. The van der Waals surface area contributed by atoms with Crippen LogP contribution in [0, 0.1) is 0 Å². The van der Waals surface area contributed by atoms with Gasteiger partial charge in [-0.25, -0.2) is 9.78 Å². The van der Waals surface area contributed by atoms with Crippen LogP contribution in [0.15, 0.2) is 18.2 Å². The number of carboxylic acid groups (broad SMARTS) is 1. The molecule has 0 aliphatic heterocycles. The number of aliphatic carboxylic acids is 1. The molecule has 110 valence electrons. The van der Waals surface area contributed by atoms with Crippen molar-refractivity contribution >= 4 is 12.0 Å².